The number of rotatable bonds is 6. The molecule has 0 spiro atoms. The van der Waals surface area contributed by atoms with Crippen LogP contribution in [0.4, 0.5) is 5.69 Å². The fourth-order valence-electron chi connectivity index (χ4n) is 3.56. The molecule has 1 heterocycles. The smallest absolute Gasteiger partial charge is 0.327 e. The number of carbonyl (C=O) groups excluding carboxylic acids is 1. The van der Waals surface area contributed by atoms with Gasteiger partial charge in [0.15, 0.2) is 11.5 Å². The molecule has 30 heavy (non-hydrogen) atoms. The number of para-hydroxylation sites is 1. The lowest BCUT2D eigenvalue weighted by Crippen LogP contribution is -2.54. The minimum atomic E-state index is -1.51. The van der Waals surface area contributed by atoms with Gasteiger partial charge in [0.2, 0.25) is 0 Å². The molecule has 156 valence electrons. The third-order valence-corrected chi connectivity index (χ3v) is 4.98. The van der Waals surface area contributed by atoms with E-state index in [0.717, 1.165) is 4.90 Å². The van der Waals surface area contributed by atoms with Gasteiger partial charge in [0.05, 0.1) is 20.1 Å². The number of carbonyl (C=O) groups is 3. The summed E-state index contributed by atoms with van der Waals surface area (Å²) in [7, 11) is 3.00. The van der Waals surface area contributed by atoms with Gasteiger partial charge in [0.25, 0.3) is 5.91 Å². The molecule has 2 unspecified atom stereocenters. The van der Waals surface area contributed by atoms with E-state index in [1.165, 1.54) is 26.4 Å². The average Bonchev–Trinajstić information content (AvgIpc) is 2.75. The number of carboxylic acid groups (broad SMARTS) is 2. The number of carboxylic acids is 2. The SMILES string of the molecule is COc1ccc(C=CC(=O)N2c3ccccc3CC(C(=O)O)C2C(=O)O)cc1OC. The molecule has 0 radical (unpaired) electrons. The standard InChI is InChI=1S/C22H21NO7/c1-29-17-9-7-13(11-18(17)30-2)8-10-19(24)23-16-6-4-3-5-14(16)12-15(21(25)26)20(23)22(27)28/h3-11,15,20H,12H2,1-2H3,(H,25,26)(H,27,28). The first-order valence-electron chi connectivity index (χ1n) is 9.14. The van der Waals surface area contributed by atoms with Gasteiger partial charge in [-0.2, -0.15) is 0 Å². The summed E-state index contributed by atoms with van der Waals surface area (Å²) in [6.07, 6.45) is 2.76. The van der Waals surface area contributed by atoms with Crippen LogP contribution < -0.4 is 14.4 Å². The van der Waals surface area contributed by atoms with Crippen molar-refractivity contribution in [3.05, 3.63) is 59.7 Å². The molecule has 3 rings (SSSR count). The van der Waals surface area contributed by atoms with Crippen LogP contribution in [0.3, 0.4) is 0 Å². The number of ether oxygens (including phenoxy) is 2. The van der Waals surface area contributed by atoms with Crippen molar-refractivity contribution in [2.24, 2.45) is 5.92 Å². The fourth-order valence-corrected chi connectivity index (χ4v) is 3.56. The number of benzene rings is 2. The number of hydrogen-bond acceptors (Lipinski definition) is 5. The minimum Gasteiger partial charge on any atom is -0.493 e. The van der Waals surface area contributed by atoms with Gasteiger partial charge in [0.1, 0.15) is 6.04 Å². The van der Waals surface area contributed by atoms with Gasteiger partial charge in [-0.05, 0) is 41.8 Å². The highest BCUT2D eigenvalue weighted by molar-refractivity contribution is 6.09. The number of hydrogen-bond donors (Lipinski definition) is 2. The molecule has 2 aromatic rings. The average molecular weight is 411 g/mol. The Morgan fingerprint density at radius 1 is 1.00 bits per heavy atom. The molecule has 1 amide bonds. The predicted molar refractivity (Wildman–Crippen MR) is 109 cm³/mol. The Morgan fingerprint density at radius 2 is 1.70 bits per heavy atom. The summed E-state index contributed by atoms with van der Waals surface area (Å²) in [6, 6.07) is 10.3. The van der Waals surface area contributed by atoms with Crippen molar-refractivity contribution in [3.8, 4) is 11.5 Å². The van der Waals surface area contributed by atoms with Crippen LogP contribution >= 0.6 is 0 Å². The summed E-state index contributed by atoms with van der Waals surface area (Å²) in [5, 5.41) is 19.3. The van der Waals surface area contributed by atoms with Gasteiger partial charge in [-0.3, -0.25) is 14.5 Å². The van der Waals surface area contributed by atoms with Crippen LogP contribution in [0, 0.1) is 5.92 Å². The molecule has 1 aliphatic heterocycles. The second-order valence-corrected chi connectivity index (χ2v) is 6.72. The van der Waals surface area contributed by atoms with E-state index in [0.29, 0.717) is 28.3 Å². The van der Waals surface area contributed by atoms with Gasteiger partial charge < -0.3 is 19.7 Å². The fraction of sp³-hybridized carbons (Fsp3) is 0.227. The number of fused-ring (bicyclic) bond motifs is 1. The first kappa shape index (κ1) is 20.9. The van der Waals surface area contributed by atoms with Crippen molar-refractivity contribution in [1.82, 2.24) is 0 Å². The molecule has 1 aliphatic rings. The highest BCUT2D eigenvalue weighted by Gasteiger charge is 2.45. The maximum Gasteiger partial charge on any atom is 0.327 e. The molecule has 0 aliphatic carbocycles. The van der Waals surface area contributed by atoms with Gasteiger partial charge in [-0.25, -0.2) is 4.79 Å². The van der Waals surface area contributed by atoms with Crippen molar-refractivity contribution in [3.63, 3.8) is 0 Å². The summed E-state index contributed by atoms with van der Waals surface area (Å²) in [5.74, 6) is -3.51. The Kier molecular flexibility index (Phi) is 6.06. The molecular weight excluding hydrogens is 390 g/mol. The number of aliphatic carboxylic acids is 2. The summed E-state index contributed by atoms with van der Waals surface area (Å²) in [6.45, 7) is 0. The van der Waals surface area contributed by atoms with Crippen molar-refractivity contribution in [2.75, 3.05) is 19.1 Å². The van der Waals surface area contributed by atoms with Crippen LogP contribution in [0.25, 0.3) is 6.08 Å². The summed E-state index contributed by atoms with van der Waals surface area (Å²) < 4.78 is 10.4. The number of anilines is 1. The Balaban J connectivity index is 1.99. The molecule has 8 heteroatoms. The molecule has 0 saturated carbocycles. The zero-order valence-corrected chi connectivity index (χ0v) is 16.4. The van der Waals surface area contributed by atoms with Crippen LogP contribution in [0.5, 0.6) is 11.5 Å². The van der Waals surface area contributed by atoms with Gasteiger partial charge in [-0.15, -0.1) is 0 Å². The Morgan fingerprint density at radius 3 is 2.33 bits per heavy atom. The zero-order valence-electron chi connectivity index (χ0n) is 16.4. The van der Waals surface area contributed by atoms with E-state index >= 15 is 0 Å². The number of methoxy groups -OCH3 is 2. The van der Waals surface area contributed by atoms with E-state index in [1.807, 2.05) is 0 Å². The topological polar surface area (TPSA) is 113 Å². The van der Waals surface area contributed by atoms with E-state index in [-0.39, 0.29) is 6.42 Å². The van der Waals surface area contributed by atoms with Crippen LogP contribution in [0.1, 0.15) is 11.1 Å². The second-order valence-electron chi connectivity index (χ2n) is 6.72. The van der Waals surface area contributed by atoms with E-state index in [1.54, 1.807) is 42.5 Å². The monoisotopic (exact) mass is 411 g/mol. The Hall–Kier alpha value is -3.81. The zero-order chi connectivity index (χ0) is 21.8. The van der Waals surface area contributed by atoms with Crippen molar-refractivity contribution in [1.29, 1.82) is 0 Å². The highest BCUT2D eigenvalue weighted by Crippen LogP contribution is 2.35. The first-order chi connectivity index (χ1) is 14.4. The molecule has 0 saturated heterocycles. The predicted octanol–water partition coefficient (Wildman–Crippen LogP) is 2.46. The summed E-state index contributed by atoms with van der Waals surface area (Å²) >= 11 is 0. The van der Waals surface area contributed by atoms with Crippen LogP contribution in [-0.4, -0.2) is 48.3 Å². The van der Waals surface area contributed by atoms with Crippen molar-refractivity contribution < 1.29 is 34.1 Å². The lowest BCUT2D eigenvalue weighted by atomic mass is 9.85. The highest BCUT2D eigenvalue weighted by atomic mass is 16.5. The second kappa shape index (κ2) is 8.69. The molecule has 2 atom stereocenters. The normalized spacial score (nSPS) is 18.0. The molecule has 8 nitrogen and oxygen atoms in total. The summed E-state index contributed by atoms with van der Waals surface area (Å²) in [4.78, 5) is 37.7. The molecule has 0 fully saturated rings. The third kappa shape index (κ3) is 3.98. The molecule has 0 aromatic heterocycles. The molecule has 2 aromatic carbocycles. The van der Waals surface area contributed by atoms with Crippen LogP contribution in [0.15, 0.2) is 48.5 Å². The van der Waals surface area contributed by atoms with E-state index < -0.39 is 29.8 Å². The lowest BCUT2D eigenvalue weighted by molar-refractivity contribution is -0.150. The molecular formula is C22H21NO7. The maximum absolute atomic E-state index is 13.0. The Bertz CT molecular complexity index is 1010. The minimum absolute atomic E-state index is 0.0334. The van der Waals surface area contributed by atoms with Crippen LogP contribution in [0.2, 0.25) is 0 Å². The van der Waals surface area contributed by atoms with Crippen molar-refractivity contribution in [2.45, 2.75) is 12.5 Å². The van der Waals surface area contributed by atoms with Crippen LogP contribution in [-0.2, 0) is 20.8 Å². The lowest BCUT2D eigenvalue weighted by Gasteiger charge is -2.37. The summed E-state index contributed by atoms with van der Waals surface area (Å²) in [5.41, 5.74) is 1.63. The largest absolute Gasteiger partial charge is 0.493 e. The van der Waals surface area contributed by atoms with Gasteiger partial charge in [0, 0.05) is 11.8 Å². The number of amides is 1. The molecule has 0 bridgehead atoms. The first-order valence-corrected chi connectivity index (χ1v) is 9.14. The Labute approximate surface area is 173 Å². The van der Waals surface area contributed by atoms with Crippen molar-refractivity contribution >= 4 is 29.6 Å². The molecule has 2 N–H and O–H groups in total. The number of nitrogens with zero attached hydrogens (tertiary/aromatic N) is 1. The quantitative estimate of drug-likeness (QED) is 0.702. The van der Waals surface area contributed by atoms with E-state index in [9.17, 15) is 24.6 Å². The maximum atomic E-state index is 13.0. The van der Waals surface area contributed by atoms with Gasteiger partial charge in [-0.1, -0.05) is 24.3 Å². The van der Waals surface area contributed by atoms with E-state index in [2.05, 4.69) is 0 Å². The third-order valence-electron chi connectivity index (χ3n) is 4.98. The van der Waals surface area contributed by atoms with E-state index in [4.69, 9.17) is 9.47 Å². The van der Waals surface area contributed by atoms with Gasteiger partial charge >= 0.3 is 11.9 Å².